The van der Waals surface area contributed by atoms with Crippen molar-refractivity contribution in [2.45, 2.75) is 112 Å². The van der Waals surface area contributed by atoms with Crippen LogP contribution in [-0.4, -0.2) is 28.6 Å². The fourth-order valence-electron chi connectivity index (χ4n) is 11.7. The first-order valence-electron chi connectivity index (χ1n) is 17.1. The number of phenolic OH excluding ortho intramolecular Hbond substituents is 2. The summed E-state index contributed by atoms with van der Waals surface area (Å²) in [6.07, 6.45) is 19.0. The molecule has 4 fully saturated rings. The van der Waals surface area contributed by atoms with Gasteiger partial charge in [-0.3, -0.25) is 0 Å². The molecule has 0 bridgehead atoms. The highest BCUT2D eigenvalue weighted by molar-refractivity contribution is 5.87. The van der Waals surface area contributed by atoms with Crippen molar-refractivity contribution in [2.24, 2.45) is 56.2 Å². The second-order valence-electron chi connectivity index (χ2n) is 17.5. The van der Waals surface area contributed by atoms with Gasteiger partial charge in [0.1, 0.15) is 12.4 Å². The zero-order valence-corrected chi connectivity index (χ0v) is 28.0. The van der Waals surface area contributed by atoms with E-state index in [1.165, 1.54) is 24.5 Å². The third-order valence-corrected chi connectivity index (χ3v) is 14.6. The van der Waals surface area contributed by atoms with Crippen molar-refractivity contribution >= 4 is 18.3 Å². The average molecular weight is 603 g/mol. The first-order valence-corrected chi connectivity index (χ1v) is 17.1. The van der Waals surface area contributed by atoms with Gasteiger partial charge in [0.15, 0.2) is 11.5 Å². The van der Waals surface area contributed by atoms with Crippen molar-refractivity contribution < 1.29 is 24.5 Å². The second-order valence-corrected chi connectivity index (χ2v) is 17.5. The minimum atomic E-state index is -0.371. The van der Waals surface area contributed by atoms with E-state index in [-0.39, 0.29) is 56.1 Å². The summed E-state index contributed by atoms with van der Waals surface area (Å²) in [5, 5.41) is 19.4. The lowest BCUT2D eigenvalue weighted by atomic mass is 9.33. The zero-order valence-electron chi connectivity index (χ0n) is 28.0. The van der Waals surface area contributed by atoms with Crippen LogP contribution in [0.2, 0.25) is 0 Å². The van der Waals surface area contributed by atoms with Crippen molar-refractivity contribution in [3.8, 4) is 11.5 Å². The number of carbonyl (C=O) groups excluding carboxylic acids is 2. The van der Waals surface area contributed by atoms with Crippen molar-refractivity contribution in [2.75, 3.05) is 0 Å². The Bertz CT molecular complexity index is 1390. The summed E-state index contributed by atoms with van der Waals surface area (Å²) in [5.41, 5.74) is 1.00. The van der Waals surface area contributed by atoms with Gasteiger partial charge in [0.25, 0.3) is 0 Å². The molecule has 4 saturated carbocycles. The number of allylic oxidation sites excluding steroid dienone is 2. The monoisotopic (exact) mass is 602 g/mol. The number of fused-ring (bicyclic) bond motifs is 7. The first-order chi connectivity index (χ1) is 20.5. The van der Waals surface area contributed by atoms with Crippen LogP contribution in [0.5, 0.6) is 11.5 Å². The standard InChI is InChI=1S/C39H54O5/c1-34(2)18-20-39(24-40)21-19-37(6)26(27(39)23-34)10-12-31-36(5)16-15-32(35(3,4)30(36)14-17-38(31,37)7)44-33(43)13-9-25-8-11-28(41)29(42)22-25/h8-13,22,24,26-27,30-32,41-42H,14-21,23H2,1-7H3/t26-,27+,30+,31-,32+,36+,37-,38-,39-/m1/s1. The molecule has 0 saturated heterocycles. The van der Waals surface area contributed by atoms with E-state index in [0.717, 1.165) is 57.8 Å². The summed E-state index contributed by atoms with van der Waals surface area (Å²) >= 11 is 0. The molecule has 0 aromatic heterocycles. The van der Waals surface area contributed by atoms with E-state index >= 15 is 0 Å². The van der Waals surface area contributed by atoms with Crippen LogP contribution in [-0.2, 0) is 14.3 Å². The minimum Gasteiger partial charge on any atom is -0.504 e. The van der Waals surface area contributed by atoms with Crippen LogP contribution < -0.4 is 0 Å². The third-order valence-electron chi connectivity index (χ3n) is 14.6. The van der Waals surface area contributed by atoms with Crippen molar-refractivity contribution in [1.29, 1.82) is 0 Å². The largest absolute Gasteiger partial charge is 0.504 e. The molecule has 5 heteroatoms. The number of hydrogen-bond donors (Lipinski definition) is 2. The molecule has 2 N–H and O–H groups in total. The predicted octanol–water partition coefficient (Wildman–Crippen LogP) is 8.88. The Morgan fingerprint density at radius 3 is 2.30 bits per heavy atom. The molecule has 6 rings (SSSR count). The molecule has 5 aliphatic carbocycles. The van der Waals surface area contributed by atoms with E-state index in [2.05, 4.69) is 60.6 Å². The van der Waals surface area contributed by atoms with Crippen molar-refractivity contribution in [3.05, 3.63) is 42.0 Å². The van der Waals surface area contributed by atoms with Gasteiger partial charge >= 0.3 is 5.97 Å². The smallest absolute Gasteiger partial charge is 0.331 e. The number of aldehydes is 1. The molecule has 5 nitrogen and oxygen atoms in total. The maximum absolute atomic E-state index is 13.0. The molecule has 0 heterocycles. The number of aromatic hydroxyl groups is 2. The number of esters is 1. The summed E-state index contributed by atoms with van der Waals surface area (Å²) in [6, 6.07) is 4.49. The van der Waals surface area contributed by atoms with Gasteiger partial charge in [-0.1, -0.05) is 66.7 Å². The maximum atomic E-state index is 13.0. The quantitative estimate of drug-likeness (QED) is 0.118. The second kappa shape index (κ2) is 10.2. The zero-order chi connectivity index (χ0) is 31.9. The number of benzene rings is 1. The molecule has 1 aromatic rings. The molecule has 0 amide bonds. The van der Waals surface area contributed by atoms with E-state index in [1.807, 2.05) is 0 Å². The molecular weight excluding hydrogens is 548 g/mol. The minimum absolute atomic E-state index is 0.105. The molecule has 44 heavy (non-hydrogen) atoms. The highest BCUT2D eigenvalue weighted by Crippen LogP contribution is 2.75. The Morgan fingerprint density at radius 2 is 1.59 bits per heavy atom. The van der Waals surface area contributed by atoms with Crippen LogP contribution >= 0.6 is 0 Å². The van der Waals surface area contributed by atoms with E-state index in [9.17, 15) is 19.8 Å². The van der Waals surface area contributed by atoms with Gasteiger partial charge in [0, 0.05) is 16.9 Å². The molecule has 240 valence electrons. The van der Waals surface area contributed by atoms with E-state index in [0.29, 0.717) is 29.2 Å². The highest BCUT2D eigenvalue weighted by Gasteiger charge is 2.69. The summed E-state index contributed by atoms with van der Waals surface area (Å²) in [5.74, 6) is 0.967. The number of ether oxygens (including phenoxy) is 1. The Labute approximate surface area is 264 Å². The summed E-state index contributed by atoms with van der Waals surface area (Å²) in [4.78, 5) is 25.7. The normalized spacial score (nSPS) is 43.7. The fourth-order valence-corrected chi connectivity index (χ4v) is 11.7. The molecule has 0 radical (unpaired) electrons. The van der Waals surface area contributed by atoms with Gasteiger partial charge in [-0.25, -0.2) is 4.79 Å². The Hall–Kier alpha value is -2.56. The molecular formula is C39H54O5. The Morgan fingerprint density at radius 1 is 0.864 bits per heavy atom. The third kappa shape index (κ3) is 4.53. The van der Waals surface area contributed by atoms with Crippen molar-refractivity contribution in [1.82, 2.24) is 0 Å². The predicted molar refractivity (Wildman–Crippen MR) is 174 cm³/mol. The van der Waals surface area contributed by atoms with Gasteiger partial charge in [-0.15, -0.1) is 0 Å². The Balaban J connectivity index is 1.25. The van der Waals surface area contributed by atoms with Gasteiger partial charge in [0.2, 0.25) is 0 Å². The lowest BCUT2D eigenvalue weighted by Gasteiger charge is -2.71. The molecule has 5 aliphatic rings. The van der Waals surface area contributed by atoms with Crippen LogP contribution in [0.25, 0.3) is 6.08 Å². The van der Waals surface area contributed by atoms with Crippen LogP contribution in [0.1, 0.15) is 112 Å². The molecule has 1 aromatic carbocycles. The van der Waals surface area contributed by atoms with Crippen LogP contribution in [0.4, 0.5) is 0 Å². The van der Waals surface area contributed by atoms with Gasteiger partial charge in [-0.05, 0) is 127 Å². The number of carbonyl (C=O) groups is 2. The van der Waals surface area contributed by atoms with Crippen molar-refractivity contribution in [3.63, 3.8) is 0 Å². The highest BCUT2D eigenvalue weighted by atomic mass is 16.5. The van der Waals surface area contributed by atoms with E-state index < -0.39 is 0 Å². The van der Waals surface area contributed by atoms with Crippen LogP contribution in [0.3, 0.4) is 0 Å². The van der Waals surface area contributed by atoms with E-state index in [4.69, 9.17) is 4.74 Å². The topological polar surface area (TPSA) is 83.8 Å². The van der Waals surface area contributed by atoms with Gasteiger partial charge < -0.3 is 19.7 Å². The van der Waals surface area contributed by atoms with Gasteiger partial charge in [0.05, 0.1) is 0 Å². The lowest BCUT2D eigenvalue weighted by Crippen LogP contribution is -2.66. The maximum Gasteiger partial charge on any atom is 0.331 e. The molecule has 9 atom stereocenters. The number of hydrogen-bond acceptors (Lipinski definition) is 5. The summed E-state index contributed by atoms with van der Waals surface area (Å²) in [7, 11) is 0. The first kappa shape index (κ1) is 31.4. The van der Waals surface area contributed by atoms with Crippen LogP contribution in [0.15, 0.2) is 36.4 Å². The fraction of sp³-hybridized carbons (Fsp3) is 0.692. The van der Waals surface area contributed by atoms with Crippen LogP contribution in [0, 0.1) is 56.2 Å². The number of phenols is 2. The number of rotatable bonds is 4. The van der Waals surface area contributed by atoms with E-state index in [1.54, 1.807) is 12.1 Å². The Kier molecular flexibility index (Phi) is 7.30. The summed E-state index contributed by atoms with van der Waals surface area (Å²) in [6.45, 7) is 17.1. The summed E-state index contributed by atoms with van der Waals surface area (Å²) < 4.78 is 6.16. The lowest BCUT2D eigenvalue weighted by molar-refractivity contribution is -0.220. The van der Waals surface area contributed by atoms with Gasteiger partial charge in [-0.2, -0.15) is 0 Å². The molecule has 0 aliphatic heterocycles. The SMILES string of the molecule is CC1(C)CC[C@]2(C=O)CC[C@]3(C)[C@H](C=C[C@@H]4[C@@]5(C)CC[C@H](OC(=O)C=Cc6ccc(O)c(O)c6)C(C)(C)[C@@H]5CC[C@]43C)[C@@H]2C1. The molecule has 0 unspecified atom stereocenters. The molecule has 0 spiro atoms. The average Bonchev–Trinajstić information content (AvgIpc) is 2.95.